The number of hydrogen-bond donors (Lipinski definition) is 0. The summed E-state index contributed by atoms with van der Waals surface area (Å²) in [6.45, 7) is 3.19. The van der Waals surface area contributed by atoms with Crippen LogP contribution in [0.1, 0.15) is 21.5 Å². The van der Waals surface area contributed by atoms with E-state index >= 15 is 0 Å². The first-order valence-electron chi connectivity index (χ1n) is 9.08. The Kier molecular flexibility index (Phi) is 5.60. The van der Waals surface area contributed by atoms with Crippen LogP contribution in [0, 0.1) is 6.92 Å². The van der Waals surface area contributed by atoms with E-state index in [1.807, 2.05) is 25.1 Å². The van der Waals surface area contributed by atoms with E-state index < -0.39 is 0 Å². The quantitative estimate of drug-likeness (QED) is 0.564. The standard InChI is InChI=1S/C22H18Cl2N2O3/c1-14-12-25-5-4-19(14)22(27)26(18-10-16(23)9-17(24)11-18)13-15-2-3-20-21(8-15)29-7-6-28-20/h2-5,8-12H,6-7,13H2,1H3. The Morgan fingerprint density at radius 2 is 1.76 bits per heavy atom. The number of anilines is 1. The molecule has 1 aliphatic rings. The van der Waals surface area contributed by atoms with Crippen LogP contribution in [-0.4, -0.2) is 24.1 Å². The van der Waals surface area contributed by atoms with Gasteiger partial charge in [-0.2, -0.15) is 0 Å². The normalized spacial score (nSPS) is 12.5. The molecule has 7 heteroatoms. The molecular weight excluding hydrogens is 411 g/mol. The molecule has 4 rings (SSSR count). The fourth-order valence-corrected chi connectivity index (χ4v) is 3.72. The van der Waals surface area contributed by atoms with Gasteiger partial charge in [-0.1, -0.05) is 29.3 Å². The lowest BCUT2D eigenvalue weighted by Gasteiger charge is -2.25. The Balaban J connectivity index is 1.74. The van der Waals surface area contributed by atoms with Crippen molar-refractivity contribution in [3.8, 4) is 11.5 Å². The van der Waals surface area contributed by atoms with Gasteiger partial charge in [-0.25, -0.2) is 0 Å². The molecule has 148 valence electrons. The molecule has 0 aliphatic carbocycles. The van der Waals surface area contributed by atoms with Gasteiger partial charge in [0, 0.05) is 33.7 Å². The first kappa shape index (κ1) is 19.6. The van der Waals surface area contributed by atoms with E-state index in [4.69, 9.17) is 32.7 Å². The molecule has 0 unspecified atom stereocenters. The molecule has 0 saturated carbocycles. The number of carbonyl (C=O) groups excluding carboxylic acids is 1. The van der Waals surface area contributed by atoms with Crippen molar-refractivity contribution in [2.45, 2.75) is 13.5 Å². The zero-order chi connectivity index (χ0) is 20.4. The smallest absolute Gasteiger partial charge is 0.258 e. The van der Waals surface area contributed by atoms with Crippen molar-refractivity contribution < 1.29 is 14.3 Å². The van der Waals surface area contributed by atoms with Gasteiger partial charge in [0.15, 0.2) is 11.5 Å². The largest absolute Gasteiger partial charge is 0.486 e. The number of nitrogens with zero attached hydrogens (tertiary/aromatic N) is 2. The minimum absolute atomic E-state index is 0.168. The molecule has 29 heavy (non-hydrogen) atoms. The second-order valence-electron chi connectivity index (χ2n) is 6.69. The van der Waals surface area contributed by atoms with Crippen LogP contribution in [0.25, 0.3) is 0 Å². The molecule has 0 N–H and O–H groups in total. The van der Waals surface area contributed by atoms with Crippen molar-refractivity contribution in [1.82, 2.24) is 4.98 Å². The molecule has 3 aromatic rings. The molecule has 5 nitrogen and oxygen atoms in total. The molecule has 1 amide bonds. The van der Waals surface area contributed by atoms with Gasteiger partial charge in [0.05, 0.1) is 6.54 Å². The van der Waals surface area contributed by atoms with E-state index in [1.54, 1.807) is 41.6 Å². The van der Waals surface area contributed by atoms with Crippen LogP contribution in [0.4, 0.5) is 5.69 Å². The van der Waals surface area contributed by atoms with Gasteiger partial charge in [0.2, 0.25) is 0 Å². The highest BCUT2D eigenvalue weighted by Gasteiger charge is 2.22. The Morgan fingerprint density at radius 3 is 2.48 bits per heavy atom. The maximum absolute atomic E-state index is 13.4. The lowest BCUT2D eigenvalue weighted by atomic mass is 10.1. The van der Waals surface area contributed by atoms with Crippen LogP contribution >= 0.6 is 23.2 Å². The number of hydrogen-bond acceptors (Lipinski definition) is 4. The summed E-state index contributed by atoms with van der Waals surface area (Å²) in [5.41, 5.74) is 2.86. The third-order valence-electron chi connectivity index (χ3n) is 4.60. The van der Waals surface area contributed by atoms with Crippen molar-refractivity contribution in [2.75, 3.05) is 18.1 Å². The van der Waals surface area contributed by atoms with E-state index in [2.05, 4.69) is 4.98 Å². The lowest BCUT2D eigenvalue weighted by Crippen LogP contribution is -2.31. The zero-order valence-corrected chi connectivity index (χ0v) is 17.2. The number of halogens is 2. The van der Waals surface area contributed by atoms with Crippen molar-refractivity contribution in [2.24, 2.45) is 0 Å². The molecule has 0 atom stereocenters. The van der Waals surface area contributed by atoms with E-state index in [1.165, 1.54) is 0 Å². The second-order valence-corrected chi connectivity index (χ2v) is 7.56. The van der Waals surface area contributed by atoms with E-state index in [9.17, 15) is 4.79 Å². The van der Waals surface area contributed by atoms with E-state index in [0.717, 1.165) is 11.1 Å². The average molecular weight is 429 g/mol. The summed E-state index contributed by atoms with van der Waals surface area (Å²) in [6, 6.07) is 12.5. The number of aromatic nitrogens is 1. The summed E-state index contributed by atoms with van der Waals surface area (Å²) in [6.07, 6.45) is 3.27. The Hall–Kier alpha value is -2.76. The van der Waals surface area contributed by atoms with Crippen LogP contribution in [-0.2, 0) is 6.54 Å². The van der Waals surface area contributed by atoms with Gasteiger partial charge in [-0.3, -0.25) is 9.78 Å². The van der Waals surface area contributed by atoms with Gasteiger partial charge in [0.1, 0.15) is 13.2 Å². The molecular formula is C22H18Cl2N2O3. The summed E-state index contributed by atoms with van der Waals surface area (Å²) < 4.78 is 11.3. The number of pyridine rings is 1. The van der Waals surface area contributed by atoms with Crippen LogP contribution in [0.2, 0.25) is 10.0 Å². The lowest BCUT2D eigenvalue weighted by molar-refractivity contribution is 0.0984. The van der Waals surface area contributed by atoms with Crippen LogP contribution < -0.4 is 14.4 Å². The monoisotopic (exact) mass is 428 g/mol. The minimum Gasteiger partial charge on any atom is -0.486 e. The van der Waals surface area contributed by atoms with Gasteiger partial charge in [0.25, 0.3) is 5.91 Å². The number of aryl methyl sites for hydroxylation is 1. The Morgan fingerprint density at radius 1 is 1.03 bits per heavy atom. The molecule has 2 heterocycles. The zero-order valence-electron chi connectivity index (χ0n) is 15.7. The summed E-state index contributed by atoms with van der Waals surface area (Å²) in [7, 11) is 0. The van der Waals surface area contributed by atoms with Gasteiger partial charge < -0.3 is 14.4 Å². The molecule has 1 aliphatic heterocycles. The third-order valence-corrected chi connectivity index (χ3v) is 5.04. The average Bonchev–Trinajstić information content (AvgIpc) is 2.71. The van der Waals surface area contributed by atoms with E-state index in [0.29, 0.717) is 52.6 Å². The second kappa shape index (κ2) is 8.31. The maximum atomic E-state index is 13.4. The number of rotatable bonds is 4. The number of carbonyl (C=O) groups is 1. The first-order valence-corrected chi connectivity index (χ1v) is 9.84. The maximum Gasteiger partial charge on any atom is 0.258 e. The number of ether oxygens (including phenoxy) is 2. The molecule has 0 radical (unpaired) electrons. The molecule has 0 bridgehead atoms. The van der Waals surface area contributed by atoms with Crippen molar-refractivity contribution in [1.29, 1.82) is 0 Å². The summed E-state index contributed by atoms with van der Waals surface area (Å²) in [4.78, 5) is 19.2. The first-order chi connectivity index (χ1) is 14.0. The molecule has 0 saturated heterocycles. The van der Waals surface area contributed by atoms with E-state index in [-0.39, 0.29) is 5.91 Å². The topological polar surface area (TPSA) is 51.7 Å². The Bertz CT molecular complexity index is 1050. The van der Waals surface area contributed by atoms with Gasteiger partial charge in [-0.15, -0.1) is 0 Å². The minimum atomic E-state index is -0.168. The summed E-state index contributed by atoms with van der Waals surface area (Å²) in [5.74, 6) is 1.21. The van der Waals surface area contributed by atoms with Crippen molar-refractivity contribution in [3.63, 3.8) is 0 Å². The highest BCUT2D eigenvalue weighted by atomic mass is 35.5. The number of fused-ring (bicyclic) bond motifs is 1. The molecule has 1 aromatic heterocycles. The number of benzene rings is 2. The SMILES string of the molecule is Cc1cnccc1C(=O)N(Cc1ccc2c(c1)OCCO2)c1cc(Cl)cc(Cl)c1. The highest BCUT2D eigenvalue weighted by Crippen LogP contribution is 2.33. The Labute approximate surface area is 178 Å². The predicted octanol–water partition coefficient (Wildman–Crippen LogP) is 5.32. The van der Waals surface area contributed by atoms with Crippen molar-refractivity contribution >= 4 is 34.8 Å². The molecule has 0 spiro atoms. The summed E-state index contributed by atoms with van der Waals surface area (Å²) in [5, 5.41) is 0.915. The fraction of sp³-hybridized carbons (Fsp3) is 0.182. The summed E-state index contributed by atoms with van der Waals surface area (Å²) >= 11 is 12.4. The fourth-order valence-electron chi connectivity index (χ4n) is 3.20. The van der Waals surface area contributed by atoms with Gasteiger partial charge >= 0.3 is 0 Å². The van der Waals surface area contributed by atoms with Crippen LogP contribution in [0.15, 0.2) is 54.9 Å². The van der Waals surface area contributed by atoms with Gasteiger partial charge in [-0.05, 0) is 54.4 Å². The third kappa shape index (κ3) is 4.31. The van der Waals surface area contributed by atoms with Crippen LogP contribution in [0.5, 0.6) is 11.5 Å². The number of amides is 1. The highest BCUT2D eigenvalue weighted by molar-refractivity contribution is 6.35. The molecule has 2 aromatic carbocycles. The molecule has 0 fully saturated rings. The van der Waals surface area contributed by atoms with Crippen molar-refractivity contribution in [3.05, 3.63) is 81.6 Å². The van der Waals surface area contributed by atoms with Crippen LogP contribution in [0.3, 0.4) is 0 Å². The predicted molar refractivity (Wildman–Crippen MR) is 113 cm³/mol.